The Balaban J connectivity index is 1.79. The lowest BCUT2D eigenvalue weighted by Gasteiger charge is -2.23. The SMILES string of the molecule is COC(=O)c1cccc(C2CC(=O)Nc3c2cnn3-c2ccccc2)n1. The highest BCUT2D eigenvalue weighted by molar-refractivity contribution is 5.94. The standard InChI is InChI=1S/C19H16N4O3/c1-26-19(25)16-9-5-8-15(21-16)13-10-17(24)22-18-14(13)11-20-23(18)12-6-3-2-4-7-12/h2-9,11,13H,10H2,1H3,(H,22,24). The van der Waals surface area contributed by atoms with E-state index in [0.717, 1.165) is 11.3 Å². The van der Waals surface area contributed by atoms with Crippen molar-refractivity contribution < 1.29 is 14.3 Å². The van der Waals surface area contributed by atoms with Crippen molar-refractivity contribution in [1.82, 2.24) is 14.8 Å². The van der Waals surface area contributed by atoms with Gasteiger partial charge in [0.25, 0.3) is 0 Å². The quantitative estimate of drug-likeness (QED) is 0.735. The number of rotatable bonds is 3. The molecule has 1 N–H and O–H groups in total. The first kappa shape index (κ1) is 16.0. The largest absolute Gasteiger partial charge is 0.464 e. The highest BCUT2D eigenvalue weighted by Gasteiger charge is 2.31. The number of carbonyl (C=O) groups is 2. The van der Waals surface area contributed by atoms with Crippen molar-refractivity contribution in [2.24, 2.45) is 0 Å². The Hall–Kier alpha value is -3.48. The molecule has 1 aliphatic heterocycles. The van der Waals surface area contributed by atoms with Gasteiger partial charge in [-0.1, -0.05) is 24.3 Å². The molecule has 0 saturated heterocycles. The molecule has 26 heavy (non-hydrogen) atoms. The van der Waals surface area contributed by atoms with Crippen LogP contribution in [0.4, 0.5) is 5.82 Å². The smallest absolute Gasteiger partial charge is 0.356 e. The maximum absolute atomic E-state index is 12.3. The molecular formula is C19H16N4O3. The van der Waals surface area contributed by atoms with Crippen LogP contribution in [0.2, 0.25) is 0 Å². The fourth-order valence-corrected chi connectivity index (χ4v) is 3.11. The van der Waals surface area contributed by atoms with Crippen LogP contribution in [-0.4, -0.2) is 33.8 Å². The maximum atomic E-state index is 12.3. The number of carbonyl (C=O) groups excluding carboxylic acids is 2. The molecule has 0 bridgehead atoms. The Morgan fingerprint density at radius 3 is 2.77 bits per heavy atom. The van der Waals surface area contributed by atoms with Gasteiger partial charge in [0.1, 0.15) is 11.5 Å². The number of ether oxygens (including phenoxy) is 1. The molecule has 1 aromatic carbocycles. The van der Waals surface area contributed by atoms with Gasteiger partial charge in [-0.2, -0.15) is 5.10 Å². The first-order chi connectivity index (χ1) is 12.7. The summed E-state index contributed by atoms with van der Waals surface area (Å²) in [6, 6.07) is 14.7. The summed E-state index contributed by atoms with van der Waals surface area (Å²) >= 11 is 0. The molecule has 3 aromatic rings. The van der Waals surface area contributed by atoms with Crippen molar-refractivity contribution in [1.29, 1.82) is 0 Å². The van der Waals surface area contributed by atoms with E-state index in [0.29, 0.717) is 11.5 Å². The van der Waals surface area contributed by atoms with Gasteiger partial charge in [0.15, 0.2) is 0 Å². The molecule has 4 rings (SSSR count). The monoisotopic (exact) mass is 348 g/mol. The highest BCUT2D eigenvalue weighted by atomic mass is 16.5. The number of esters is 1. The van der Waals surface area contributed by atoms with Crippen LogP contribution < -0.4 is 5.32 Å². The van der Waals surface area contributed by atoms with Crippen LogP contribution in [0.25, 0.3) is 5.69 Å². The Labute approximate surface area is 149 Å². The summed E-state index contributed by atoms with van der Waals surface area (Å²) in [5.41, 5.74) is 2.57. The zero-order valence-corrected chi connectivity index (χ0v) is 14.0. The van der Waals surface area contributed by atoms with Gasteiger partial charge in [0.2, 0.25) is 5.91 Å². The predicted molar refractivity (Wildman–Crippen MR) is 94.2 cm³/mol. The van der Waals surface area contributed by atoms with E-state index in [4.69, 9.17) is 4.74 Å². The van der Waals surface area contributed by atoms with Gasteiger partial charge in [0, 0.05) is 23.6 Å². The van der Waals surface area contributed by atoms with Gasteiger partial charge in [-0.25, -0.2) is 14.5 Å². The van der Waals surface area contributed by atoms with Crippen molar-refractivity contribution in [3.05, 3.63) is 71.7 Å². The van der Waals surface area contributed by atoms with Gasteiger partial charge in [-0.05, 0) is 24.3 Å². The summed E-state index contributed by atoms with van der Waals surface area (Å²) < 4.78 is 6.43. The molecule has 0 saturated carbocycles. The van der Waals surface area contributed by atoms with Crippen molar-refractivity contribution in [3.63, 3.8) is 0 Å². The van der Waals surface area contributed by atoms with E-state index in [9.17, 15) is 9.59 Å². The Kier molecular flexibility index (Phi) is 3.96. The van der Waals surface area contributed by atoms with Gasteiger partial charge in [0.05, 0.1) is 19.0 Å². The summed E-state index contributed by atoms with van der Waals surface area (Å²) in [7, 11) is 1.31. The molecule has 0 aliphatic carbocycles. The number of amides is 1. The Morgan fingerprint density at radius 2 is 2.00 bits per heavy atom. The molecule has 0 spiro atoms. The number of pyridine rings is 1. The van der Waals surface area contributed by atoms with E-state index in [1.807, 2.05) is 30.3 Å². The lowest BCUT2D eigenvalue weighted by atomic mass is 9.90. The highest BCUT2D eigenvalue weighted by Crippen LogP contribution is 2.37. The van der Waals surface area contributed by atoms with Gasteiger partial charge in [-0.3, -0.25) is 4.79 Å². The number of benzene rings is 1. The molecule has 0 radical (unpaired) electrons. The number of nitrogens with one attached hydrogen (secondary N) is 1. The molecule has 7 heteroatoms. The van der Waals surface area contributed by atoms with Crippen LogP contribution in [0, 0.1) is 0 Å². The van der Waals surface area contributed by atoms with E-state index in [1.54, 1.807) is 29.1 Å². The van der Waals surface area contributed by atoms with Gasteiger partial charge >= 0.3 is 5.97 Å². The summed E-state index contributed by atoms with van der Waals surface area (Å²) in [6.45, 7) is 0. The third kappa shape index (κ3) is 2.73. The predicted octanol–water partition coefficient (Wildman–Crippen LogP) is 2.53. The molecule has 2 aromatic heterocycles. The van der Waals surface area contributed by atoms with E-state index in [-0.39, 0.29) is 23.9 Å². The third-order valence-electron chi connectivity index (χ3n) is 4.34. The number of hydrogen-bond acceptors (Lipinski definition) is 5. The Bertz CT molecular complexity index is 981. The molecule has 3 heterocycles. The minimum atomic E-state index is -0.507. The van der Waals surface area contributed by atoms with E-state index < -0.39 is 5.97 Å². The summed E-state index contributed by atoms with van der Waals surface area (Å²) in [6.07, 6.45) is 1.98. The van der Waals surface area contributed by atoms with Crippen LogP contribution in [0.15, 0.2) is 54.7 Å². The molecule has 1 aliphatic rings. The van der Waals surface area contributed by atoms with Gasteiger partial charge < -0.3 is 10.1 Å². The number of aromatic nitrogens is 3. The van der Waals surface area contributed by atoms with Gasteiger partial charge in [-0.15, -0.1) is 0 Å². The molecule has 7 nitrogen and oxygen atoms in total. The molecule has 1 atom stereocenters. The topological polar surface area (TPSA) is 86.1 Å². The third-order valence-corrected chi connectivity index (χ3v) is 4.34. The molecule has 130 valence electrons. The lowest BCUT2D eigenvalue weighted by Crippen LogP contribution is -2.25. The van der Waals surface area contributed by atoms with Crippen LogP contribution in [0.5, 0.6) is 0 Å². The molecular weight excluding hydrogens is 332 g/mol. The number of anilines is 1. The number of para-hydroxylation sites is 1. The van der Waals surface area contributed by atoms with Crippen LogP contribution >= 0.6 is 0 Å². The number of fused-ring (bicyclic) bond motifs is 1. The first-order valence-corrected chi connectivity index (χ1v) is 8.16. The van der Waals surface area contributed by atoms with Crippen LogP contribution in [0.3, 0.4) is 0 Å². The summed E-state index contributed by atoms with van der Waals surface area (Å²) in [5.74, 6) is -0.277. The minimum absolute atomic E-state index is 0.120. The average molecular weight is 348 g/mol. The summed E-state index contributed by atoms with van der Waals surface area (Å²) in [4.78, 5) is 28.5. The second-order valence-corrected chi connectivity index (χ2v) is 5.94. The summed E-state index contributed by atoms with van der Waals surface area (Å²) in [5, 5.41) is 7.33. The van der Waals surface area contributed by atoms with Crippen molar-refractivity contribution >= 4 is 17.7 Å². The zero-order valence-electron chi connectivity index (χ0n) is 14.0. The second kappa shape index (κ2) is 6.44. The Morgan fingerprint density at radius 1 is 1.19 bits per heavy atom. The second-order valence-electron chi connectivity index (χ2n) is 5.94. The number of hydrogen-bond donors (Lipinski definition) is 1. The normalized spacial score (nSPS) is 15.9. The molecule has 1 amide bonds. The van der Waals surface area contributed by atoms with Crippen LogP contribution in [0.1, 0.15) is 34.1 Å². The first-order valence-electron chi connectivity index (χ1n) is 8.16. The van der Waals surface area contributed by atoms with Crippen LogP contribution in [-0.2, 0) is 9.53 Å². The van der Waals surface area contributed by atoms with E-state index in [1.165, 1.54) is 7.11 Å². The fraction of sp³-hybridized carbons (Fsp3) is 0.158. The van der Waals surface area contributed by atoms with E-state index >= 15 is 0 Å². The zero-order chi connectivity index (χ0) is 18.1. The molecule has 0 fully saturated rings. The number of methoxy groups -OCH3 is 1. The number of nitrogens with zero attached hydrogens (tertiary/aromatic N) is 3. The van der Waals surface area contributed by atoms with Crippen molar-refractivity contribution in [2.45, 2.75) is 12.3 Å². The van der Waals surface area contributed by atoms with E-state index in [2.05, 4.69) is 15.4 Å². The van der Waals surface area contributed by atoms with Crippen molar-refractivity contribution in [2.75, 3.05) is 12.4 Å². The lowest BCUT2D eigenvalue weighted by molar-refractivity contribution is -0.116. The molecule has 1 unspecified atom stereocenters. The van der Waals surface area contributed by atoms with Crippen molar-refractivity contribution in [3.8, 4) is 5.69 Å². The average Bonchev–Trinajstić information content (AvgIpc) is 3.11. The maximum Gasteiger partial charge on any atom is 0.356 e. The fourth-order valence-electron chi connectivity index (χ4n) is 3.11. The minimum Gasteiger partial charge on any atom is -0.464 e.